The van der Waals surface area contributed by atoms with Crippen LogP contribution in [0.25, 0.3) is 0 Å². The van der Waals surface area contributed by atoms with Crippen LogP contribution in [0.5, 0.6) is 0 Å². The van der Waals surface area contributed by atoms with Crippen LogP contribution in [0.3, 0.4) is 0 Å². The average Bonchev–Trinajstić information content (AvgIpc) is 2.69. The molecule has 0 aromatic carbocycles. The van der Waals surface area contributed by atoms with Gasteiger partial charge in [0, 0.05) is 52.4 Å². The average molecular weight is 438 g/mol. The lowest BCUT2D eigenvalue weighted by molar-refractivity contribution is -0.402. The van der Waals surface area contributed by atoms with Crippen LogP contribution in [-0.2, 0) is 0 Å². The molecule has 0 heterocycles. The molecule has 0 amide bonds. The molecule has 0 aliphatic heterocycles. The van der Waals surface area contributed by atoms with E-state index in [-0.39, 0.29) is 0 Å². The van der Waals surface area contributed by atoms with Crippen molar-refractivity contribution in [3.8, 4) is 0 Å². The zero-order valence-corrected chi connectivity index (χ0v) is 21.3. The van der Waals surface area contributed by atoms with Gasteiger partial charge in [0.1, 0.15) is 0 Å². The van der Waals surface area contributed by atoms with Gasteiger partial charge in [-0.05, 0) is 54.4 Å². The van der Waals surface area contributed by atoms with Gasteiger partial charge in [-0.3, -0.25) is 0 Å². The molecule has 0 aliphatic carbocycles. The summed E-state index contributed by atoms with van der Waals surface area (Å²) in [5.41, 5.74) is 0. The van der Waals surface area contributed by atoms with Crippen LogP contribution in [0.1, 0.15) is 81.1 Å². The fourth-order valence-corrected chi connectivity index (χ4v) is 9.19. The van der Waals surface area contributed by atoms with Crippen molar-refractivity contribution in [3.63, 3.8) is 0 Å². The van der Waals surface area contributed by atoms with Crippen molar-refractivity contribution >= 4 is 7.87 Å². The normalized spacial score (nSPS) is 12.0. The summed E-state index contributed by atoms with van der Waals surface area (Å²) in [4.78, 5) is 8.25. The zero-order chi connectivity index (χ0) is 22.9. The van der Waals surface area contributed by atoms with E-state index in [1.165, 1.54) is 38.8 Å². The van der Waals surface area contributed by atoms with E-state index >= 15 is 0 Å². The first kappa shape index (κ1) is 30.7. The monoisotopic (exact) mass is 437 g/mol. The highest BCUT2D eigenvalue weighted by molar-refractivity contribution is 7.66. The fraction of sp³-hybridized carbons (Fsp3) is 1.00. The summed E-state index contributed by atoms with van der Waals surface area (Å²) in [5, 5.41) is 14.8. The molecule has 0 atom stereocenters. The topological polar surface area (TPSA) is 79.2 Å². The van der Waals surface area contributed by atoms with E-state index in [0.717, 1.165) is 39.3 Å². The molecule has 0 radical (unpaired) electrons. The molecule has 0 spiro atoms. The van der Waals surface area contributed by atoms with E-state index < -0.39 is 13.0 Å². The molecule has 0 N–H and O–H groups in total. The summed E-state index contributed by atoms with van der Waals surface area (Å²) in [6.45, 7) is 28.0. The maximum atomic E-state index is 8.25. The summed E-state index contributed by atoms with van der Waals surface area (Å²) in [5.74, 6) is 0. The minimum Gasteiger partial charge on any atom is -0.356 e. The van der Waals surface area contributed by atoms with Gasteiger partial charge in [-0.1, -0.05) is 26.7 Å². The Morgan fingerprint density at radius 2 is 0.828 bits per heavy atom. The Hall–Kier alpha value is -0.530. The Balaban J connectivity index is 0. The third-order valence-corrected chi connectivity index (χ3v) is 10.4. The number of hydrogen-bond donors (Lipinski definition) is 0. The number of unbranched alkanes of at least 4 members (excludes halogenated alkanes) is 2. The number of rotatable bonds is 16. The van der Waals surface area contributed by atoms with Crippen LogP contribution < -0.4 is 0 Å². The lowest BCUT2D eigenvalue weighted by Gasteiger charge is -2.50. The predicted octanol–water partition coefficient (Wildman–Crippen LogP) is 5.35. The van der Waals surface area contributed by atoms with Crippen molar-refractivity contribution in [1.82, 2.24) is 18.7 Å². The van der Waals surface area contributed by atoms with Crippen molar-refractivity contribution in [2.45, 2.75) is 81.1 Å². The van der Waals surface area contributed by atoms with Gasteiger partial charge in [-0.2, -0.15) is 0 Å². The van der Waals surface area contributed by atoms with Crippen LogP contribution in [0, 0.1) is 15.3 Å². The summed E-state index contributed by atoms with van der Waals surface area (Å²) in [7, 11) is -1.66. The molecule has 0 unspecified atom stereocenters. The zero-order valence-electron chi connectivity index (χ0n) is 20.4. The van der Waals surface area contributed by atoms with Gasteiger partial charge in [-0.15, -0.1) is 18.7 Å². The van der Waals surface area contributed by atoms with Crippen LogP contribution in [0.4, 0.5) is 0 Å². The van der Waals surface area contributed by atoms with Crippen LogP contribution in [0.15, 0.2) is 0 Å². The minimum atomic E-state index is -1.75. The van der Waals surface area contributed by atoms with Crippen LogP contribution in [0.2, 0.25) is 0 Å². The summed E-state index contributed by atoms with van der Waals surface area (Å²) >= 11 is 0. The van der Waals surface area contributed by atoms with Crippen LogP contribution in [-0.4, -0.2) is 76.1 Å². The highest BCUT2D eigenvalue weighted by Crippen LogP contribution is 2.69. The second kappa shape index (κ2) is 18.3. The van der Waals surface area contributed by atoms with E-state index in [1.54, 1.807) is 0 Å². The maximum Gasteiger partial charge on any atom is 0.308 e. The maximum absolute atomic E-state index is 8.25. The van der Waals surface area contributed by atoms with Gasteiger partial charge in [0.25, 0.3) is 0 Å². The van der Waals surface area contributed by atoms with Gasteiger partial charge in [0.05, 0.1) is 5.09 Å². The summed E-state index contributed by atoms with van der Waals surface area (Å²) in [6.07, 6.45) is 5.15. The number of hydrogen-bond acceptors (Lipinski definition) is 7. The smallest absolute Gasteiger partial charge is 0.308 e. The van der Waals surface area contributed by atoms with Crippen molar-refractivity contribution < 1.29 is 5.09 Å². The van der Waals surface area contributed by atoms with Gasteiger partial charge < -0.3 is 15.3 Å². The largest absolute Gasteiger partial charge is 0.356 e. The molecule has 0 bridgehead atoms. The first-order valence-electron chi connectivity index (χ1n) is 11.5. The number of nitrogens with zero attached hydrogens (tertiary/aromatic N) is 5. The van der Waals surface area contributed by atoms with Gasteiger partial charge in [0.15, 0.2) is 0 Å². The third-order valence-electron chi connectivity index (χ3n) is 5.25. The second-order valence-corrected chi connectivity index (χ2v) is 10.2. The first-order chi connectivity index (χ1) is 13.8. The summed E-state index contributed by atoms with van der Waals surface area (Å²) < 4.78 is 11.3. The van der Waals surface area contributed by atoms with Crippen molar-refractivity contribution in [2.24, 2.45) is 0 Å². The van der Waals surface area contributed by atoms with E-state index in [9.17, 15) is 0 Å². The van der Waals surface area contributed by atoms with Crippen molar-refractivity contribution in [3.05, 3.63) is 15.3 Å². The molecule has 0 saturated heterocycles. The molecule has 0 aromatic heterocycles. The Labute approximate surface area is 180 Å². The standard InChI is InChI=1S/C20H48N4P.NO3/c1-9-17-19-24(20-18-10-2)25(21(11-3)12-4,22(13-5)14-6)23(15-7)16-8;2-1(3)4/h9-20H2,1-8H3;/q+1;-1. The molecule has 8 nitrogen and oxygen atoms in total. The molecular weight excluding hydrogens is 389 g/mol. The van der Waals surface area contributed by atoms with E-state index in [1.807, 2.05) is 0 Å². The highest BCUT2D eigenvalue weighted by atomic mass is 31.2. The summed E-state index contributed by atoms with van der Waals surface area (Å²) in [6, 6.07) is 0. The van der Waals surface area contributed by atoms with Gasteiger partial charge >= 0.3 is 7.87 Å². The molecule has 9 heteroatoms. The fourth-order valence-electron chi connectivity index (χ4n) is 3.94. The Kier molecular flexibility index (Phi) is 19.3. The molecule has 0 saturated carbocycles. The molecule has 29 heavy (non-hydrogen) atoms. The second-order valence-electron chi connectivity index (χ2n) is 6.84. The van der Waals surface area contributed by atoms with Crippen LogP contribution >= 0.6 is 7.87 Å². The predicted molar refractivity (Wildman–Crippen MR) is 127 cm³/mol. The van der Waals surface area contributed by atoms with Crippen molar-refractivity contribution in [2.75, 3.05) is 52.4 Å². The quantitative estimate of drug-likeness (QED) is 0.183. The Morgan fingerprint density at radius 3 is 1.00 bits per heavy atom. The first-order valence-corrected chi connectivity index (χ1v) is 13.1. The molecule has 0 fully saturated rings. The van der Waals surface area contributed by atoms with E-state index in [2.05, 4.69) is 74.1 Å². The Morgan fingerprint density at radius 1 is 0.586 bits per heavy atom. The SMILES string of the molecule is CCCCN(CCCC)[P+](N(CC)CC)(N(CC)CC)N(CC)CC.O=[N+]([O-])[O-]. The van der Waals surface area contributed by atoms with Crippen molar-refractivity contribution in [1.29, 1.82) is 0 Å². The lowest BCUT2D eigenvalue weighted by Crippen LogP contribution is -2.53. The van der Waals surface area contributed by atoms with Gasteiger partial charge in [0.2, 0.25) is 0 Å². The minimum absolute atomic E-state index is 1.13. The van der Waals surface area contributed by atoms with E-state index in [4.69, 9.17) is 15.3 Å². The molecule has 0 aromatic rings. The third kappa shape index (κ3) is 9.43. The lowest BCUT2D eigenvalue weighted by atomic mass is 10.3. The molecule has 176 valence electrons. The highest BCUT2D eigenvalue weighted by Gasteiger charge is 2.58. The van der Waals surface area contributed by atoms with E-state index in [0.29, 0.717) is 0 Å². The molecule has 0 aliphatic rings. The van der Waals surface area contributed by atoms with Gasteiger partial charge in [-0.25, -0.2) is 0 Å². The molecule has 0 rings (SSSR count). The Bertz CT molecular complexity index is 349. The molecular formula is C20H48N5O3P.